The fourth-order valence-corrected chi connectivity index (χ4v) is 4.82. The molecular formula is C19H28F6N4O8S. The predicted molar refractivity (Wildman–Crippen MR) is 116 cm³/mol. The van der Waals surface area contributed by atoms with Crippen molar-refractivity contribution < 1.29 is 64.0 Å². The maximum atomic E-state index is 12.7. The lowest BCUT2D eigenvalue weighted by molar-refractivity contribution is -0.193. The zero-order valence-corrected chi connectivity index (χ0v) is 21.1. The minimum Gasteiger partial charge on any atom is -0.475 e. The molecule has 2 aliphatic heterocycles. The van der Waals surface area contributed by atoms with Crippen LogP contribution in [0.4, 0.5) is 26.3 Å². The molecule has 0 aliphatic carbocycles. The van der Waals surface area contributed by atoms with Crippen LogP contribution in [0.15, 0.2) is 17.6 Å². The van der Waals surface area contributed by atoms with Gasteiger partial charge in [0.15, 0.2) is 5.03 Å². The average molecular weight is 587 g/mol. The minimum absolute atomic E-state index is 0.0511. The summed E-state index contributed by atoms with van der Waals surface area (Å²) in [6, 6.07) is 0. The van der Waals surface area contributed by atoms with Gasteiger partial charge in [-0.25, -0.2) is 23.0 Å². The first-order valence-corrected chi connectivity index (χ1v) is 12.2. The summed E-state index contributed by atoms with van der Waals surface area (Å²) in [5.41, 5.74) is 0. The van der Waals surface area contributed by atoms with Gasteiger partial charge in [-0.15, -0.1) is 0 Å². The highest BCUT2D eigenvalue weighted by molar-refractivity contribution is 7.89. The molecule has 0 amide bonds. The van der Waals surface area contributed by atoms with Gasteiger partial charge in [-0.3, -0.25) is 4.90 Å². The molecule has 12 nitrogen and oxygen atoms in total. The number of nitrogens with zero attached hydrogens (tertiary/aromatic N) is 4. The molecule has 0 bridgehead atoms. The molecule has 2 atom stereocenters. The van der Waals surface area contributed by atoms with Gasteiger partial charge in [-0.2, -0.15) is 30.6 Å². The minimum atomic E-state index is -5.08. The summed E-state index contributed by atoms with van der Waals surface area (Å²) in [6.07, 6.45) is -6.36. The monoisotopic (exact) mass is 586 g/mol. The van der Waals surface area contributed by atoms with Gasteiger partial charge >= 0.3 is 24.3 Å². The number of imidazole rings is 1. The lowest BCUT2D eigenvalue weighted by atomic mass is 9.94. The molecule has 2 N–H and O–H groups in total. The summed E-state index contributed by atoms with van der Waals surface area (Å²) in [4.78, 5) is 24.1. The summed E-state index contributed by atoms with van der Waals surface area (Å²) in [7, 11) is -0.0720. The van der Waals surface area contributed by atoms with Gasteiger partial charge in [0, 0.05) is 59.0 Å². The van der Waals surface area contributed by atoms with E-state index in [0.717, 1.165) is 26.1 Å². The number of alkyl halides is 6. The standard InChI is InChI=1S/C15H26N4O4S.2C2HF3O2/c1-17-11-15(16-12-17)24(20,21)19-4-3-13-9-18(5-7-22-2)6-8-23-14(13)10-19;2*3-2(4,5)1(6)7/h11-14H,3-10H2,1-2H3;2*(H,6,7)/t13-,14-;;/m1../s1. The molecule has 1 aromatic rings. The van der Waals surface area contributed by atoms with Crippen LogP contribution in [0.5, 0.6) is 0 Å². The predicted octanol–water partition coefficient (Wildman–Crippen LogP) is 1.04. The van der Waals surface area contributed by atoms with E-state index >= 15 is 0 Å². The third-order valence-corrected chi connectivity index (χ3v) is 7.02. The fourth-order valence-electron chi connectivity index (χ4n) is 3.39. The summed E-state index contributed by atoms with van der Waals surface area (Å²) < 4.78 is 103. The van der Waals surface area contributed by atoms with Gasteiger partial charge in [-0.1, -0.05) is 0 Å². The molecule has 0 aromatic carbocycles. The first kappa shape index (κ1) is 33.5. The van der Waals surface area contributed by atoms with Gasteiger partial charge in [0.2, 0.25) is 0 Å². The molecule has 2 saturated heterocycles. The van der Waals surface area contributed by atoms with Gasteiger partial charge in [0.1, 0.15) is 0 Å². The highest BCUT2D eigenvalue weighted by Gasteiger charge is 2.40. The molecule has 38 heavy (non-hydrogen) atoms. The van der Waals surface area contributed by atoms with Crippen molar-refractivity contribution in [1.82, 2.24) is 18.8 Å². The van der Waals surface area contributed by atoms with Crippen LogP contribution in [-0.2, 0) is 36.1 Å². The normalized spacial score (nSPS) is 21.2. The van der Waals surface area contributed by atoms with Crippen molar-refractivity contribution in [3.63, 3.8) is 0 Å². The average Bonchev–Trinajstić information content (AvgIpc) is 3.14. The number of carboxylic acids is 2. The molecule has 2 fully saturated rings. The molecule has 0 unspecified atom stereocenters. The van der Waals surface area contributed by atoms with E-state index in [0.29, 0.717) is 32.2 Å². The van der Waals surface area contributed by atoms with Crippen molar-refractivity contribution in [2.24, 2.45) is 13.0 Å². The second-order valence-electron chi connectivity index (χ2n) is 8.10. The number of halogens is 6. The molecular weight excluding hydrogens is 558 g/mol. The second-order valence-corrected chi connectivity index (χ2v) is 9.98. The highest BCUT2D eigenvalue weighted by Crippen LogP contribution is 2.27. The smallest absolute Gasteiger partial charge is 0.475 e. The number of rotatable bonds is 5. The number of piperidine rings is 1. The summed E-state index contributed by atoms with van der Waals surface area (Å²) in [6.45, 7) is 4.94. The van der Waals surface area contributed by atoms with Gasteiger partial charge < -0.3 is 24.3 Å². The van der Waals surface area contributed by atoms with Crippen LogP contribution in [0.3, 0.4) is 0 Å². The van der Waals surface area contributed by atoms with Crippen molar-refractivity contribution in [2.45, 2.75) is 29.9 Å². The lowest BCUT2D eigenvalue weighted by Crippen LogP contribution is -2.49. The Labute approximate surface area is 213 Å². The molecule has 3 rings (SSSR count). The number of methoxy groups -OCH3 is 1. The number of fused-ring (bicyclic) bond motifs is 1. The molecule has 0 spiro atoms. The van der Waals surface area contributed by atoms with Crippen molar-refractivity contribution >= 4 is 22.0 Å². The fraction of sp³-hybridized carbons (Fsp3) is 0.737. The Hall–Kier alpha value is -2.48. The van der Waals surface area contributed by atoms with Crippen LogP contribution in [-0.4, -0.2) is 121 Å². The largest absolute Gasteiger partial charge is 0.490 e. The summed E-state index contributed by atoms with van der Waals surface area (Å²) in [5.74, 6) is -5.15. The van der Waals surface area contributed by atoms with Gasteiger partial charge in [0.05, 0.1) is 25.6 Å². The SMILES string of the molecule is COCCN1CCO[C@@H]2CN(S(=O)(=O)c3cn(C)cn3)CC[C@@H]2C1.O=C(O)C(F)(F)F.O=C(O)C(F)(F)F. The van der Waals surface area contributed by atoms with Crippen LogP contribution in [0, 0.1) is 5.92 Å². The number of aryl methyl sites for hydroxylation is 1. The van der Waals surface area contributed by atoms with Crippen LogP contribution in [0.1, 0.15) is 6.42 Å². The van der Waals surface area contributed by atoms with Gasteiger partial charge in [-0.05, 0) is 6.42 Å². The van der Waals surface area contributed by atoms with Crippen LogP contribution in [0.2, 0.25) is 0 Å². The van der Waals surface area contributed by atoms with E-state index < -0.39 is 34.3 Å². The van der Waals surface area contributed by atoms with Gasteiger partial charge in [0.25, 0.3) is 10.0 Å². The van der Waals surface area contributed by atoms with Crippen LogP contribution in [0.25, 0.3) is 0 Å². The number of carboxylic acid groups (broad SMARTS) is 2. The van der Waals surface area contributed by atoms with Crippen LogP contribution >= 0.6 is 0 Å². The third-order valence-electron chi connectivity index (χ3n) is 5.27. The zero-order chi connectivity index (χ0) is 29.3. The Kier molecular flexibility index (Phi) is 12.4. The molecule has 220 valence electrons. The van der Waals surface area contributed by atoms with E-state index in [4.69, 9.17) is 29.3 Å². The number of ether oxygens (including phenoxy) is 2. The van der Waals surface area contributed by atoms with E-state index in [1.54, 1.807) is 24.9 Å². The zero-order valence-electron chi connectivity index (χ0n) is 20.3. The molecule has 0 saturated carbocycles. The molecule has 19 heteroatoms. The van der Waals surface area contributed by atoms with Crippen LogP contribution < -0.4 is 0 Å². The first-order chi connectivity index (χ1) is 17.4. The Bertz CT molecular complexity index is 994. The van der Waals surface area contributed by atoms with Crippen molar-refractivity contribution in [2.75, 3.05) is 53.0 Å². The van der Waals surface area contributed by atoms with E-state index in [1.165, 1.54) is 10.6 Å². The highest BCUT2D eigenvalue weighted by atomic mass is 32.2. The van der Waals surface area contributed by atoms with E-state index in [2.05, 4.69) is 9.88 Å². The molecule has 0 radical (unpaired) electrons. The number of hydrogen-bond acceptors (Lipinski definition) is 8. The number of aliphatic carboxylic acids is 2. The first-order valence-electron chi connectivity index (χ1n) is 10.8. The number of hydrogen-bond donors (Lipinski definition) is 2. The molecule has 2 aliphatic rings. The number of carbonyl (C=O) groups is 2. The Morgan fingerprint density at radius 1 is 1.11 bits per heavy atom. The Balaban J connectivity index is 0.000000426. The van der Waals surface area contributed by atoms with Crippen molar-refractivity contribution in [3.8, 4) is 0 Å². The number of sulfonamides is 1. The Morgan fingerprint density at radius 2 is 1.66 bits per heavy atom. The summed E-state index contributed by atoms with van der Waals surface area (Å²) >= 11 is 0. The third kappa shape index (κ3) is 10.7. The topological polar surface area (TPSA) is 152 Å². The number of aromatic nitrogens is 2. The lowest BCUT2D eigenvalue weighted by Gasteiger charge is -2.36. The quantitative estimate of drug-likeness (QED) is 0.479. The van der Waals surface area contributed by atoms with Crippen molar-refractivity contribution in [1.29, 1.82) is 0 Å². The molecule has 3 heterocycles. The molecule has 1 aromatic heterocycles. The maximum absolute atomic E-state index is 12.7. The Morgan fingerprint density at radius 3 is 2.11 bits per heavy atom. The van der Waals surface area contributed by atoms with E-state index in [9.17, 15) is 34.8 Å². The summed E-state index contributed by atoms with van der Waals surface area (Å²) in [5, 5.41) is 14.4. The second kappa shape index (κ2) is 14.1. The van der Waals surface area contributed by atoms with Crippen molar-refractivity contribution in [3.05, 3.63) is 12.5 Å². The van der Waals surface area contributed by atoms with E-state index in [-0.39, 0.29) is 11.1 Å². The maximum Gasteiger partial charge on any atom is 0.490 e. The van der Waals surface area contributed by atoms with E-state index in [1.807, 2.05) is 0 Å².